The molecule has 1 heteroatoms. The molecule has 0 saturated heterocycles. The lowest BCUT2D eigenvalue weighted by Gasteiger charge is -2.23. The molecule has 0 saturated carbocycles. The summed E-state index contributed by atoms with van der Waals surface area (Å²) in [6.07, 6.45) is 8.68. The average molecular weight is 276 g/mol. The van der Waals surface area contributed by atoms with Crippen LogP contribution in [0, 0.1) is 5.92 Å². The summed E-state index contributed by atoms with van der Waals surface area (Å²) in [5, 5.41) is 4.26. The third-order valence-corrected chi connectivity index (χ3v) is 6.06. The number of benzene rings is 2. The Labute approximate surface area is 121 Å². The molecule has 1 aliphatic carbocycles. The molecule has 98 valence electrons. The molecule has 0 nitrogen and oxygen atoms in total. The molecule has 1 atom stereocenters. The minimum atomic E-state index is -0.470. The van der Waals surface area contributed by atoms with Gasteiger partial charge in [0, 0.05) is 5.92 Å². The Hall–Kier alpha value is -1.91. The molecule has 0 aromatic heterocycles. The molecule has 1 aliphatic rings. The summed E-state index contributed by atoms with van der Waals surface area (Å²) >= 11 is 0. The first-order valence-electron chi connectivity index (χ1n) is 6.81. The van der Waals surface area contributed by atoms with Crippen LogP contribution in [0.5, 0.6) is 0 Å². The number of rotatable bonds is 4. The van der Waals surface area contributed by atoms with Gasteiger partial charge in [0.1, 0.15) is 0 Å². The van der Waals surface area contributed by atoms with Gasteiger partial charge in [0.25, 0.3) is 0 Å². The van der Waals surface area contributed by atoms with Gasteiger partial charge in [-0.25, -0.2) is 0 Å². The number of hydrogen-bond donors (Lipinski definition) is 0. The molecule has 3 rings (SSSR count). The smallest absolute Gasteiger partial charge is 0.0209 e. The van der Waals surface area contributed by atoms with Gasteiger partial charge in [0.15, 0.2) is 0 Å². The zero-order chi connectivity index (χ0) is 13.8. The summed E-state index contributed by atoms with van der Waals surface area (Å²) in [5.74, 6) is 0.363. The van der Waals surface area contributed by atoms with E-state index in [2.05, 4.69) is 85.5 Å². The molecule has 2 aromatic rings. The topological polar surface area (TPSA) is 0 Å². The van der Waals surface area contributed by atoms with E-state index in [1.165, 1.54) is 15.9 Å². The Morgan fingerprint density at radius 3 is 1.90 bits per heavy atom. The van der Waals surface area contributed by atoms with Crippen molar-refractivity contribution in [2.24, 2.45) is 5.92 Å². The van der Waals surface area contributed by atoms with Gasteiger partial charge >= 0.3 is 0 Å². The van der Waals surface area contributed by atoms with E-state index in [0.29, 0.717) is 5.92 Å². The van der Waals surface area contributed by atoms with Crippen molar-refractivity contribution in [1.82, 2.24) is 0 Å². The van der Waals surface area contributed by atoms with Gasteiger partial charge in [0.05, 0.1) is 0 Å². The molecule has 20 heavy (non-hydrogen) atoms. The van der Waals surface area contributed by atoms with Crippen LogP contribution < -0.4 is 10.6 Å². The highest BCUT2D eigenvalue weighted by Crippen LogP contribution is 2.49. The van der Waals surface area contributed by atoms with E-state index < -0.39 is 7.92 Å². The second kappa shape index (κ2) is 6.03. The standard InChI is InChI=1S/C19H17P/c1-2-16-10-9-15-19(16)20(17-11-5-3-6-12-17)18-13-7-4-8-14-18/h2-16H,1H2. The Balaban J connectivity index is 2.08. The largest absolute Gasteiger partial charge is 0.102 e. The van der Waals surface area contributed by atoms with Gasteiger partial charge in [-0.2, -0.15) is 0 Å². The zero-order valence-electron chi connectivity index (χ0n) is 11.3. The molecular weight excluding hydrogens is 259 g/mol. The Bertz CT molecular complexity index is 598. The fourth-order valence-corrected chi connectivity index (χ4v) is 5.07. The van der Waals surface area contributed by atoms with Crippen molar-refractivity contribution in [3.8, 4) is 0 Å². The lowest BCUT2D eigenvalue weighted by molar-refractivity contribution is 1.07. The second-order valence-electron chi connectivity index (χ2n) is 4.74. The molecule has 0 heterocycles. The summed E-state index contributed by atoms with van der Waals surface area (Å²) in [7, 11) is -0.470. The van der Waals surface area contributed by atoms with Crippen molar-refractivity contribution in [3.05, 3.63) is 96.9 Å². The lowest BCUT2D eigenvalue weighted by atomic mass is 10.2. The van der Waals surface area contributed by atoms with Gasteiger partial charge in [-0.1, -0.05) is 85.0 Å². The van der Waals surface area contributed by atoms with E-state index in [1.807, 2.05) is 6.08 Å². The van der Waals surface area contributed by atoms with Gasteiger partial charge in [0.2, 0.25) is 0 Å². The molecular formula is C19H17P. The van der Waals surface area contributed by atoms with Crippen molar-refractivity contribution >= 4 is 18.5 Å². The summed E-state index contributed by atoms with van der Waals surface area (Å²) < 4.78 is 0. The molecule has 0 bridgehead atoms. The van der Waals surface area contributed by atoms with Crippen LogP contribution in [-0.2, 0) is 0 Å². The third kappa shape index (κ3) is 2.53. The van der Waals surface area contributed by atoms with Gasteiger partial charge in [-0.05, 0) is 23.8 Å². The minimum absolute atomic E-state index is 0.363. The van der Waals surface area contributed by atoms with E-state index in [4.69, 9.17) is 0 Å². The van der Waals surface area contributed by atoms with Gasteiger partial charge in [-0.3, -0.25) is 0 Å². The van der Waals surface area contributed by atoms with Crippen molar-refractivity contribution in [1.29, 1.82) is 0 Å². The fraction of sp³-hybridized carbons (Fsp3) is 0.0526. The summed E-state index contributed by atoms with van der Waals surface area (Å²) in [4.78, 5) is 0. The Kier molecular flexibility index (Phi) is 3.95. The molecule has 0 aliphatic heterocycles. The Morgan fingerprint density at radius 2 is 1.40 bits per heavy atom. The first-order chi connectivity index (χ1) is 9.90. The van der Waals surface area contributed by atoms with Crippen LogP contribution in [0.4, 0.5) is 0 Å². The molecule has 1 unspecified atom stereocenters. The number of allylic oxidation sites excluding steroid dienone is 5. The summed E-state index contributed by atoms with van der Waals surface area (Å²) in [5.41, 5.74) is 0. The van der Waals surface area contributed by atoms with Gasteiger partial charge in [-0.15, -0.1) is 6.58 Å². The maximum Gasteiger partial charge on any atom is 0.0209 e. The molecule has 0 amide bonds. The van der Waals surface area contributed by atoms with E-state index in [-0.39, 0.29) is 0 Å². The minimum Gasteiger partial charge on any atom is -0.102 e. The average Bonchev–Trinajstić information content (AvgIpc) is 2.98. The molecule has 2 aromatic carbocycles. The molecule has 0 radical (unpaired) electrons. The zero-order valence-corrected chi connectivity index (χ0v) is 12.2. The maximum atomic E-state index is 3.98. The second-order valence-corrected chi connectivity index (χ2v) is 6.96. The van der Waals surface area contributed by atoms with Crippen LogP contribution >= 0.6 is 7.92 Å². The SMILES string of the molecule is C=CC1C=CC=C1P(c1ccccc1)c1ccccc1. The molecule has 0 N–H and O–H groups in total. The number of hydrogen-bond acceptors (Lipinski definition) is 0. The van der Waals surface area contributed by atoms with E-state index in [9.17, 15) is 0 Å². The highest BCUT2D eigenvalue weighted by atomic mass is 31.1. The van der Waals surface area contributed by atoms with Crippen molar-refractivity contribution in [3.63, 3.8) is 0 Å². The van der Waals surface area contributed by atoms with Crippen molar-refractivity contribution in [2.45, 2.75) is 0 Å². The third-order valence-electron chi connectivity index (χ3n) is 3.47. The van der Waals surface area contributed by atoms with E-state index in [0.717, 1.165) is 0 Å². The van der Waals surface area contributed by atoms with Gasteiger partial charge < -0.3 is 0 Å². The highest BCUT2D eigenvalue weighted by Gasteiger charge is 2.23. The molecule has 0 spiro atoms. The van der Waals surface area contributed by atoms with Crippen LogP contribution in [0.3, 0.4) is 0 Å². The first kappa shape index (κ1) is 13.1. The van der Waals surface area contributed by atoms with Crippen LogP contribution in [0.15, 0.2) is 96.9 Å². The Morgan fingerprint density at radius 1 is 0.850 bits per heavy atom. The van der Waals surface area contributed by atoms with Crippen LogP contribution in [0.2, 0.25) is 0 Å². The first-order valence-corrected chi connectivity index (χ1v) is 8.15. The predicted molar refractivity (Wildman–Crippen MR) is 90.0 cm³/mol. The van der Waals surface area contributed by atoms with Crippen LogP contribution in [0.1, 0.15) is 0 Å². The maximum absolute atomic E-state index is 3.98. The predicted octanol–water partition coefficient (Wildman–Crippen LogP) is 4.38. The quantitative estimate of drug-likeness (QED) is 0.574. The van der Waals surface area contributed by atoms with E-state index in [1.54, 1.807) is 0 Å². The normalized spacial score (nSPS) is 17.2. The monoisotopic (exact) mass is 276 g/mol. The summed E-state index contributed by atoms with van der Waals surface area (Å²) in [6, 6.07) is 21.6. The lowest BCUT2D eigenvalue weighted by Crippen LogP contribution is -2.14. The van der Waals surface area contributed by atoms with E-state index >= 15 is 0 Å². The van der Waals surface area contributed by atoms with Crippen LogP contribution in [0.25, 0.3) is 0 Å². The fourth-order valence-electron chi connectivity index (χ4n) is 2.51. The summed E-state index contributed by atoms with van der Waals surface area (Å²) in [6.45, 7) is 3.98. The highest BCUT2D eigenvalue weighted by molar-refractivity contribution is 7.76. The van der Waals surface area contributed by atoms with Crippen molar-refractivity contribution in [2.75, 3.05) is 0 Å². The van der Waals surface area contributed by atoms with Crippen LogP contribution in [-0.4, -0.2) is 0 Å². The van der Waals surface area contributed by atoms with Crippen molar-refractivity contribution < 1.29 is 0 Å². The molecule has 0 fully saturated rings.